The molecule has 0 radical (unpaired) electrons. The second-order valence-electron chi connectivity index (χ2n) is 9.15. The molecule has 4 aromatic carbocycles. The highest BCUT2D eigenvalue weighted by Gasteiger charge is 2.41. The Kier molecular flexibility index (Phi) is 6.37. The minimum Gasteiger partial charge on any atom is -0.305 e. The number of fused-ring (bicyclic) bond motifs is 1. The number of carbonyl (C=O) groups is 1. The van der Waals surface area contributed by atoms with Crippen LogP contribution in [0.4, 0.5) is 11.4 Å². The maximum atomic E-state index is 14.1. The highest BCUT2D eigenvalue weighted by Crippen LogP contribution is 2.44. The lowest BCUT2D eigenvalue weighted by Crippen LogP contribution is -2.47. The van der Waals surface area contributed by atoms with Crippen LogP contribution in [0.2, 0.25) is 0 Å². The van der Waals surface area contributed by atoms with Crippen LogP contribution in [0.5, 0.6) is 0 Å². The highest BCUT2D eigenvalue weighted by atomic mass is 32.2. The zero-order valence-corrected chi connectivity index (χ0v) is 21.1. The average Bonchev–Trinajstić information content (AvgIpc) is 2.90. The van der Waals surface area contributed by atoms with Gasteiger partial charge in [-0.15, -0.1) is 0 Å². The Morgan fingerprint density at radius 3 is 2.06 bits per heavy atom. The average molecular weight is 497 g/mol. The molecule has 182 valence electrons. The van der Waals surface area contributed by atoms with Crippen LogP contribution in [0.15, 0.2) is 114 Å². The molecule has 0 fully saturated rings. The summed E-state index contributed by atoms with van der Waals surface area (Å²) in [5, 5.41) is 0. The van der Waals surface area contributed by atoms with Crippen LogP contribution < -0.4 is 9.21 Å². The van der Waals surface area contributed by atoms with E-state index in [9.17, 15) is 13.2 Å². The van der Waals surface area contributed by atoms with Crippen molar-refractivity contribution in [3.05, 3.63) is 126 Å². The first-order valence-corrected chi connectivity index (χ1v) is 13.5. The third kappa shape index (κ3) is 4.29. The van der Waals surface area contributed by atoms with Crippen molar-refractivity contribution in [1.29, 1.82) is 0 Å². The van der Waals surface area contributed by atoms with E-state index in [2.05, 4.69) is 0 Å². The van der Waals surface area contributed by atoms with Crippen molar-refractivity contribution in [2.75, 3.05) is 9.21 Å². The van der Waals surface area contributed by atoms with Crippen LogP contribution in [0.3, 0.4) is 0 Å². The summed E-state index contributed by atoms with van der Waals surface area (Å²) in [6.07, 6.45) is 0.454. The molecule has 4 aromatic rings. The standard InChI is InChI=1S/C30H28N2O3S/c1-22-17-19-26(20-18-22)36(34,35)32(25-13-7-4-8-14-25)29-21-23(2)31(28-16-10-9-15-27(28)29)30(33)24-11-5-3-6-12-24/h3-20,23,29H,21H2,1-2H3/t23-,29-/m1/s1. The number of hydrogen-bond acceptors (Lipinski definition) is 3. The van der Waals surface area contributed by atoms with Crippen molar-refractivity contribution < 1.29 is 13.2 Å². The minimum absolute atomic E-state index is 0.0957. The lowest BCUT2D eigenvalue weighted by molar-refractivity contribution is 0.0974. The van der Waals surface area contributed by atoms with E-state index >= 15 is 0 Å². The molecule has 0 aromatic heterocycles. The number of sulfonamides is 1. The van der Waals surface area contributed by atoms with Crippen LogP contribution in [0.1, 0.15) is 40.9 Å². The van der Waals surface area contributed by atoms with Gasteiger partial charge in [-0.1, -0.05) is 72.3 Å². The van der Waals surface area contributed by atoms with Crippen molar-refractivity contribution >= 4 is 27.3 Å². The summed E-state index contributed by atoms with van der Waals surface area (Å²) in [7, 11) is -3.90. The lowest BCUT2D eigenvalue weighted by Gasteiger charge is -2.43. The van der Waals surface area contributed by atoms with Gasteiger partial charge in [0.2, 0.25) is 0 Å². The molecule has 1 amide bonds. The Hall–Kier alpha value is -3.90. The molecule has 0 aliphatic carbocycles. The first-order valence-electron chi connectivity index (χ1n) is 12.0. The summed E-state index contributed by atoms with van der Waals surface area (Å²) in [5.74, 6) is -0.0957. The molecular weight excluding hydrogens is 468 g/mol. The zero-order chi connectivity index (χ0) is 25.3. The molecule has 0 unspecified atom stereocenters. The van der Waals surface area contributed by atoms with Gasteiger partial charge in [0.1, 0.15) is 0 Å². The molecule has 1 aliphatic heterocycles. The molecule has 0 N–H and O–H groups in total. The fourth-order valence-electron chi connectivity index (χ4n) is 4.92. The van der Waals surface area contributed by atoms with E-state index in [0.29, 0.717) is 17.7 Å². The van der Waals surface area contributed by atoms with Crippen LogP contribution in [-0.4, -0.2) is 20.4 Å². The minimum atomic E-state index is -3.90. The van der Waals surface area contributed by atoms with Crippen LogP contribution >= 0.6 is 0 Å². The normalized spacial score (nSPS) is 17.3. The van der Waals surface area contributed by atoms with Gasteiger partial charge in [0, 0.05) is 17.3 Å². The Balaban J connectivity index is 1.65. The third-order valence-corrected chi connectivity index (χ3v) is 8.52. The molecule has 1 aliphatic rings. The molecule has 0 saturated carbocycles. The number of aryl methyl sites for hydroxylation is 1. The van der Waals surface area contributed by atoms with Gasteiger partial charge >= 0.3 is 0 Å². The smallest absolute Gasteiger partial charge is 0.264 e. The van der Waals surface area contributed by atoms with Crippen molar-refractivity contribution in [3.63, 3.8) is 0 Å². The van der Waals surface area contributed by atoms with Crippen LogP contribution in [0, 0.1) is 6.92 Å². The molecule has 0 saturated heterocycles. The third-order valence-electron chi connectivity index (χ3n) is 6.67. The molecule has 36 heavy (non-hydrogen) atoms. The Labute approximate surface area is 212 Å². The fourth-order valence-corrected chi connectivity index (χ4v) is 6.56. The topological polar surface area (TPSA) is 57.7 Å². The Morgan fingerprint density at radius 1 is 0.806 bits per heavy atom. The number of amides is 1. The maximum absolute atomic E-state index is 14.1. The number of rotatable bonds is 5. The zero-order valence-electron chi connectivity index (χ0n) is 20.3. The highest BCUT2D eigenvalue weighted by molar-refractivity contribution is 7.92. The van der Waals surface area contributed by atoms with Gasteiger partial charge in [0.05, 0.1) is 16.6 Å². The van der Waals surface area contributed by atoms with Crippen LogP contribution in [0.25, 0.3) is 0 Å². The fraction of sp³-hybridized carbons (Fsp3) is 0.167. The van der Waals surface area contributed by atoms with Gasteiger partial charge < -0.3 is 4.90 Å². The molecule has 0 spiro atoms. The van der Waals surface area contributed by atoms with Crippen molar-refractivity contribution in [2.45, 2.75) is 37.2 Å². The number of nitrogens with zero attached hydrogens (tertiary/aromatic N) is 2. The molecule has 2 atom stereocenters. The van der Waals surface area contributed by atoms with E-state index in [1.807, 2.05) is 111 Å². The van der Waals surface area contributed by atoms with Crippen LogP contribution in [-0.2, 0) is 10.0 Å². The van der Waals surface area contributed by atoms with E-state index in [1.54, 1.807) is 17.0 Å². The van der Waals surface area contributed by atoms with E-state index in [4.69, 9.17) is 0 Å². The molecule has 1 heterocycles. The van der Waals surface area contributed by atoms with Gasteiger partial charge in [-0.2, -0.15) is 0 Å². The quantitative estimate of drug-likeness (QED) is 0.323. The van der Waals surface area contributed by atoms with Gasteiger partial charge in [-0.05, 0) is 68.3 Å². The predicted molar refractivity (Wildman–Crippen MR) is 144 cm³/mol. The Bertz CT molecular complexity index is 1470. The number of anilines is 2. The summed E-state index contributed by atoms with van der Waals surface area (Å²) in [6, 6.07) is 32.2. The number of hydrogen-bond donors (Lipinski definition) is 0. The molecular formula is C30H28N2O3S. The first kappa shape index (κ1) is 23.8. The van der Waals surface area contributed by atoms with Gasteiger partial charge in [-0.25, -0.2) is 8.42 Å². The largest absolute Gasteiger partial charge is 0.305 e. The predicted octanol–water partition coefficient (Wildman–Crippen LogP) is 6.37. The summed E-state index contributed by atoms with van der Waals surface area (Å²) >= 11 is 0. The van der Waals surface area contributed by atoms with Gasteiger partial charge in [0.25, 0.3) is 15.9 Å². The number of carbonyl (C=O) groups excluding carboxylic acids is 1. The lowest BCUT2D eigenvalue weighted by atomic mass is 9.90. The van der Waals surface area contributed by atoms with E-state index in [-0.39, 0.29) is 16.8 Å². The Morgan fingerprint density at radius 2 is 1.39 bits per heavy atom. The van der Waals surface area contributed by atoms with Crippen molar-refractivity contribution in [3.8, 4) is 0 Å². The molecule has 5 nitrogen and oxygen atoms in total. The summed E-state index contributed by atoms with van der Waals surface area (Å²) < 4.78 is 29.8. The van der Waals surface area contributed by atoms with Gasteiger partial charge in [-0.3, -0.25) is 9.10 Å². The number of para-hydroxylation sites is 2. The SMILES string of the molecule is Cc1ccc(S(=O)(=O)N(c2ccccc2)[C@@H]2C[C@@H](C)N(C(=O)c3ccccc3)c3ccccc32)cc1. The molecule has 0 bridgehead atoms. The summed E-state index contributed by atoms with van der Waals surface area (Å²) in [6.45, 7) is 3.91. The second kappa shape index (κ2) is 9.63. The summed E-state index contributed by atoms with van der Waals surface area (Å²) in [4.78, 5) is 15.6. The summed E-state index contributed by atoms with van der Waals surface area (Å²) in [5.41, 5.74) is 3.72. The van der Waals surface area contributed by atoms with E-state index in [1.165, 1.54) is 4.31 Å². The van der Waals surface area contributed by atoms with Crippen molar-refractivity contribution in [1.82, 2.24) is 0 Å². The molecule has 6 heteroatoms. The van der Waals surface area contributed by atoms with E-state index in [0.717, 1.165) is 16.8 Å². The van der Waals surface area contributed by atoms with Crippen molar-refractivity contribution in [2.24, 2.45) is 0 Å². The van der Waals surface area contributed by atoms with E-state index < -0.39 is 16.1 Å². The molecule has 5 rings (SSSR count). The van der Waals surface area contributed by atoms with Gasteiger partial charge in [0.15, 0.2) is 0 Å². The first-order chi connectivity index (χ1) is 17.4. The maximum Gasteiger partial charge on any atom is 0.264 e. The monoisotopic (exact) mass is 496 g/mol. The second-order valence-corrected chi connectivity index (χ2v) is 11.0. The number of benzene rings is 4.